The summed E-state index contributed by atoms with van der Waals surface area (Å²) in [7, 11) is 0. The van der Waals surface area contributed by atoms with Crippen LogP contribution in [0.2, 0.25) is 0 Å². The lowest BCUT2D eigenvalue weighted by Gasteiger charge is -2.02. The zero-order valence-corrected chi connectivity index (χ0v) is 9.10. The number of aliphatic hydroxyl groups excluding tert-OH is 1. The largest absolute Gasteiger partial charge is 0.392 e. The van der Waals surface area contributed by atoms with Crippen molar-refractivity contribution >= 4 is 22.6 Å². The summed E-state index contributed by atoms with van der Waals surface area (Å²) < 4.78 is 0.873. The van der Waals surface area contributed by atoms with Crippen molar-refractivity contribution in [2.24, 2.45) is 0 Å². The summed E-state index contributed by atoms with van der Waals surface area (Å²) in [5.41, 5.74) is 0. The molecular formula is C6H14INO4. The minimum absolute atomic E-state index is 0.0597. The molecule has 0 aromatic carbocycles. The van der Waals surface area contributed by atoms with Crippen molar-refractivity contribution in [1.29, 1.82) is 0 Å². The molecule has 0 fully saturated rings. The van der Waals surface area contributed by atoms with E-state index >= 15 is 0 Å². The molecule has 0 bridgehead atoms. The smallest absolute Gasteiger partial charge is 0.291 e. The maximum absolute atomic E-state index is 8.98. The highest BCUT2D eigenvalue weighted by Crippen LogP contribution is 2.02. The molecule has 0 saturated carbocycles. The fourth-order valence-corrected chi connectivity index (χ4v) is 0.957. The van der Waals surface area contributed by atoms with Crippen LogP contribution in [0.3, 0.4) is 0 Å². The van der Waals surface area contributed by atoms with Crippen LogP contribution in [-0.4, -0.2) is 25.9 Å². The molecule has 0 amide bonds. The van der Waals surface area contributed by atoms with Crippen molar-refractivity contribution in [3.05, 3.63) is 10.1 Å². The predicted molar refractivity (Wildman–Crippen MR) is 53.2 cm³/mol. The number of hydrogen-bond acceptors (Lipinski definition) is 3. The Kier molecular flexibility index (Phi) is 13.1. The molecule has 0 rings (SSSR count). The van der Waals surface area contributed by atoms with E-state index in [1.165, 1.54) is 6.42 Å². The van der Waals surface area contributed by atoms with E-state index in [2.05, 4.69) is 29.5 Å². The van der Waals surface area contributed by atoms with E-state index in [-0.39, 0.29) is 6.10 Å². The Morgan fingerprint density at radius 1 is 1.67 bits per heavy atom. The molecule has 1 atom stereocenters. The summed E-state index contributed by atoms with van der Waals surface area (Å²) in [4.78, 5) is 8.36. The van der Waals surface area contributed by atoms with Crippen molar-refractivity contribution in [1.82, 2.24) is 0 Å². The normalized spacial score (nSPS) is 11.2. The van der Waals surface area contributed by atoms with E-state index in [0.29, 0.717) is 0 Å². The van der Waals surface area contributed by atoms with Gasteiger partial charge in [0.1, 0.15) is 0 Å². The van der Waals surface area contributed by atoms with Gasteiger partial charge >= 0.3 is 0 Å². The summed E-state index contributed by atoms with van der Waals surface area (Å²) in [5.74, 6) is 0. The second-order valence-corrected chi connectivity index (χ2v) is 3.07. The molecule has 0 aromatic heterocycles. The van der Waals surface area contributed by atoms with Gasteiger partial charge in [-0.2, -0.15) is 0 Å². The van der Waals surface area contributed by atoms with E-state index in [4.69, 9.17) is 20.4 Å². The summed E-state index contributed by atoms with van der Waals surface area (Å²) in [5, 5.41) is 22.6. The third kappa shape index (κ3) is 22.5. The van der Waals surface area contributed by atoms with E-state index in [1.807, 2.05) is 0 Å². The summed E-state index contributed by atoms with van der Waals surface area (Å²) >= 11 is 2.20. The van der Waals surface area contributed by atoms with Crippen LogP contribution in [0.5, 0.6) is 0 Å². The monoisotopic (exact) mass is 291 g/mol. The van der Waals surface area contributed by atoms with Gasteiger partial charge in [0.2, 0.25) is 0 Å². The zero-order chi connectivity index (χ0) is 9.98. The van der Waals surface area contributed by atoms with E-state index in [0.717, 1.165) is 17.3 Å². The average molecular weight is 291 g/mol. The Morgan fingerprint density at radius 2 is 2.08 bits per heavy atom. The van der Waals surface area contributed by atoms with Crippen LogP contribution in [0.15, 0.2) is 0 Å². The average Bonchev–Trinajstić information content (AvgIpc) is 1.99. The van der Waals surface area contributed by atoms with Gasteiger partial charge in [0.15, 0.2) is 0 Å². The molecular weight excluding hydrogens is 277 g/mol. The Morgan fingerprint density at radius 3 is 2.33 bits per heavy atom. The first-order valence-electron chi connectivity index (χ1n) is 3.61. The van der Waals surface area contributed by atoms with Gasteiger partial charge in [-0.15, -0.1) is 10.1 Å². The molecule has 0 spiro atoms. The molecule has 74 valence electrons. The molecule has 0 radical (unpaired) electrons. The van der Waals surface area contributed by atoms with Crippen LogP contribution >= 0.6 is 22.6 Å². The molecule has 1 unspecified atom stereocenters. The zero-order valence-electron chi connectivity index (χ0n) is 6.94. The number of unbranched alkanes of at least 4 members (excludes halogenated alkanes) is 1. The van der Waals surface area contributed by atoms with Crippen molar-refractivity contribution < 1.29 is 15.4 Å². The van der Waals surface area contributed by atoms with E-state index in [9.17, 15) is 0 Å². The minimum Gasteiger partial charge on any atom is -0.392 e. The molecule has 2 N–H and O–H groups in total. The standard InChI is InChI=1S/C6H13IO.HNO3/c1-2-3-4-6(8)5-7;2-1(3)4/h6,8H,2-5H2,1H3;(H,2,3,4). The van der Waals surface area contributed by atoms with Gasteiger partial charge < -0.3 is 10.3 Å². The molecule has 6 heteroatoms. The van der Waals surface area contributed by atoms with Crippen LogP contribution in [0.1, 0.15) is 26.2 Å². The van der Waals surface area contributed by atoms with Crippen molar-refractivity contribution in [2.75, 3.05) is 4.43 Å². The first kappa shape index (κ1) is 14.4. The van der Waals surface area contributed by atoms with Crippen molar-refractivity contribution in [3.63, 3.8) is 0 Å². The lowest BCUT2D eigenvalue weighted by atomic mass is 10.2. The summed E-state index contributed by atoms with van der Waals surface area (Å²) in [6.45, 7) is 2.14. The minimum atomic E-state index is -1.50. The summed E-state index contributed by atoms with van der Waals surface area (Å²) in [6, 6.07) is 0. The Bertz CT molecular complexity index is 108. The van der Waals surface area contributed by atoms with Crippen LogP contribution in [0, 0.1) is 10.1 Å². The van der Waals surface area contributed by atoms with Gasteiger partial charge in [-0.25, -0.2) is 0 Å². The van der Waals surface area contributed by atoms with Crippen LogP contribution in [-0.2, 0) is 0 Å². The highest BCUT2D eigenvalue weighted by Gasteiger charge is 1.97. The molecule has 12 heavy (non-hydrogen) atoms. The Hall–Kier alpha value is -0.110. The molecule has 5 nitrogen and oxygen atoms in total. The highest BCUT2D eigenvalue weighted by atomic mass is 127. The number of aliphatic hydroxyl groups is 1. The first-order chi connectivity index (χ1) is 5.54. The topological polar surface area (TPSA) is 83.6 Å². The third-order valence-electron chi connectivity index (χ3n) is 1.07. The quantitative estimate of drug-likeness (QED) is 0.357. The number of rotatable bonds is 4. The lowest BCUT2D eigenvalue weighted by molar-refractivity contribution is -0.742. The fourth-order valence-electron chi connectivity index (χ4n) is 0.517. The van der Waals surface area contributed by atoms with Gasteiger partial charge in [0, 0.05) is 4.43 Å². The summed E-state index contributed by atoms with van der Waals surface area (Å²) in [6.07, 6.45) is 3.26. The molecule has 0 aliphatic rings. The Labute approximate surface area is 85.0 Å². The molecule has 0 aromatic rings. The van der Waals surface area contributed by atoms with Crippen molar-refractivity contribution in [3.8, 4) is 0 Å². The maximum atomic E-state index is 8.98. The molecule has 0 aliphatic heterocycles. The van der Waals surface area contributed by atoms with Crippen LogP contribution in [0.25, 0.3) is 0 Å². The number of hydrogen-bond donors (Lipinski definition) is 2. The fraction of sp³-hybridized carbons (Fsp3) is 1.00. The van der Waals surface area contributed by atoms with Gasteiger partial charge in [-0.05, 0) is 6.42 Å². The van der Waals surface area contributed by atoms with E-state index < -0.39 is 5.09 Å². The lowest BCUT2D eigenvalue weighted by Crippen LogP contribution is -2.06. The Balaban J connectivity index is 0. The van der Waals surface area contributed by atoms with Gasteiger partial charge in [0.05, 0.1) is 6.10 Å². The molecule has 0 heterocycles. The highest BCUT2D eigenvalue weighted by molar-refractivity contribution is 14.1. The van der Waals surface area contributed by atoms with Gasteiger partial charge in [-0.1, -0.05) is 42.4 Å². The third-order valence-corrected chi connectivity index (χ3v) is 2.09. The second kappa shape index (κ2) is 10.9. The van der Waals surface area contributed by atoms with Crippen LogP contribution < -0.4 is 0 Å². The van der Waals surface area contributed by atoms with Crippen molar-refractivity contribution in [2.45, 2.75) is 32.3 Å². The predicted octanol–water partition coefficient (Wildman–Crippen LogP) is 1.62. The SMILES string of the molecule is CCCCC(O)CI.O=[N+]([O-])O. The van der Waals surface area contributed by atoms with Gasteiger partial charge in [0.25, 0.3) is 5.09 Å². The molecule has 0 aliphatic carbocycles. The first-order valence-corrected chi connectivity index (χ1v) is 5.14. The van der Waals surface area contributed by atoms with E-state index in [1.54, 1.807) is 0 Å². The number of halogens is 1. The van der Waals surface area contributed by atoms with Gasteiger partial charge in [-0.3, -0.25) is 0 Å². The number of nitrogens with zero attached hydrogens (tertiary/aromatic N) is 1. The second-order valence-electron chi connectivity index (χ2n) is 2.19. The molecule has 0 saturated heterocycles. The van der Waals surface area contributed by atoms with Crippen LogP contribution in [0.4, 0.5) is 0 Å². The maximum Gasteiger partial charge on any atom is 0.291 e. The number of alkyl halides is 1.